The summed E-state index contributed by atoms with van der Waals surface area (Å²) in [5.41, 5.74) is 0. The van der Waals surface area contributed by atoms with Gasteiger partial charge >= 0.3 is 0 Å². The Kier molecular flexibility index (Phi) is 6.23. The van der Waals surface area contributed by atoms with E-state index in [0.29, 0.717) is 0 Å². The van der Waals surface area contributed by atoms with Gasteiger partial charge in [0.1, 0.15) is 10.4 Å². The van der Waals surface area contributed by atoms with E-state index in [1.807, 2.05) is 12.1 Å². The number of anilines is 1. The van der Waals surface area contributed by atoms with E-state index in [2.05, 4.69) is 44.2 Å². The number of rotatable bonds is 3. The van der Waals surface area contributed by atoms with Crippen LogP contribution in [0.5, 0.6) is 0 Å². The van der Waals surface area contributed by atoms with E-state index in [1.54, 1.807) is 0 Å². The Morgan fingerprint density at radius 1 is 1.41 bits per heavy atom. The minimum absolute atomic E-state index is 0. The molecule has 1 aliphatic heterocycles. The fourth-order valence-corrected chi connectivity index (χ4v) is 2.49. The van der Waals surface area contributed by atoms with Crippen molar-refractivity contribution >= 4 is 34.2 Å². The van der Waals surface area contributed by atoms with Crippen molar-refractivity contribution in [1.82, 2.24) is 10.3 Å². The monoisotopic (exact) mass is 319 g/mol. The number of nitrogens with zero attached hydrogens (tertiary/aromatic N) is 2. The summed E-state index contributed by atoms with van der Waals surface area (Å²) < 4.78 is 0.905. The van der Waals surface area contributed by atoms with Crippen molar-refractivity contribution in [2.45, 2.75) is 12.8 Å². The van der Waals surface area contributed by atoms with Crippen LogP contribution >= 0.6 is 28.3 Å². The Labute approximate surface area is 118 Å². The summed E-state index contributed by atoms with van der Waals surface area (Å²) in [4.78, 5) is 6.72. The first-order chi connectivity index (χ1) is 7.75. The number of nitrogens with one attached hydrogen (secondary N) is 1. The molecular formula is C12H19BrClN3. The highest BCUT2D eigenvalue weighted by atomic mass is 79.9. The Balaban J connectivity index is 0.00000144. The van der Waals surface area contributed by atoms with Crippen molar-refractivity contribution in [2.24, 2.45) is 5.92 Å². The summed E-state index contributed by atoms with van der Waals surface area (Å²) >= 11 is 3.41. The van der Waals surface area contributed by atoms with Gasteiger partial charge in [-0.1, -0.05) is 6.07 Å². The molecule has 0 saturated carbocycles. The first kappa shape index (κ1) is 14.7. The fraction of sp³-hybridized carbons (Fsp3) is 0.583. The molecule has 2 rings (SSSR count). The highest BCUT2D eigenvalue weighted by molar-refractivity contribution is 9.10. The number of hydrogen-bond acceptors (Lipinski definition) is 3. The van der Waals surface area contributed by atoms with E-state index in [-0.39, 0.29) is 12.4 Å². The maximum Gasteiger partial charge on any atom is 0.129 e. The van der Waals surface area contributed by atoms with Gasteiger partial charge in [-0.15, -0.1) is 12.4 Å². The van der Waals surface area contributed by atoms with Gasteiger partial charge in [0.15, 0.2) is 0 Å². The van der Waals surface area contributed by atoms with Crippen LogP contribution in [0.25, 0.3) is 0 Å². The molecule has 3 nitrogen and oxygen atoms in total. The molecule has 0 aromatic carbocycles. The maximum atomic E-state index is 4.47. The van der Waals surface area contributed by atoms with Gasteiger partial charge in [0, 0.05) is 13.6 Å². The second-order valence-electron chi connectivity index (χ2n) is 4.39. The smallest absolute Gasteiger partial charge is 0.129 e. The maximum absolute atomic E-state index is 4.47. The fourth-order valence-electron chi connectivity index (χ4n) is 2.16. The summed E-state index contributed by atoms with van der Waals surface area (Å²) in [5, 5.41) is 3.40. The molecule has 17 heavy (non-hydrogen) atoms. The van der Waals surface area contributed by atoms with E-state index in [0.717, 1.165) is 36.0 Å². The third-order valence-electron chi connectivity index (χ3n) is 3.08. The highest BCUT2D eigenvalue weighted by Crippen LogP contribution is 2.18. The molecule has 1 aliphatic rings. The molecule has 0 aliphatic carbocycles. The van der Waals surface area contributed by atoms with Crippen LogP contribution in [0.15, 0.2) is 22.8 Å². The van der Waals surface area contributed by atoms with Crippen LogP contribution in [0.1, 0.15) is 12.8 Å². The second kappa shape index (κ2) is 7.19. The van der Waals surface area contributed by atoms with Gasteiger partial charge in [-0.3, -0.25) is 0 Å². The Hall–Kier alpha value is -0.320. The molecule has 1 aromatic heterocycles. The Morgan fingerprint density at radius 2 is 2.12 bits per heavy atom. The summed E-state index contributed by atoms with van der Waals surface area (Å²) in [6.45, 7) is 3.42. The largest absolute Gasteiger partial charge is 0.359 e. The van der Waals surface area contributed by atoms with Gasteiger partial charge < -0.3 is 10.2 Å². The van der Waals surface area contributed by atoms with Crippen molar-refractivity contribution in [3.05, 3.63) is 22.8 Å². The summed E-state index contributed by atoms with van der Waals surface area (Å²) in [6, 6.07) is 6.05. The average molecular weight is 321 g/mol. The molecule has 1 N–H and O–H groups in total. The quantitative estimate of drug-likeness (QED) is 0.868. The number of halogens is 2. The lowest BCUT2D eigenvalue weighted by Gasteiger charge is -2.28. The van der Waals surface area contributed by atoms with Crippen LogP contribution in [-0.2, 0) is 0 Å². The standard InChI is InChI=1S/C12H18BrN3.ClH/c1-16(9-10-5-7-14-8-6-10)12-4-2-3-11(13)15-12;/h2-4,10,14H,5-9H2,1H3;1H. The zero-order chi connectivity index (χ0) is 11.4. The highest BCUT2D eigenvalue weighted by Gasteiger charge is 2.15. The molecule has 0 amide bonds. The number of pyridine rings is 1. The van der Waals surface area contributed by atoms with Crippen LogP contribution in [0, 0.1) is 5.92 Å². The molecule has 96 valence electrons. The van der Waals surface area contributed by atoms with E-state index in [4.69, 9.17) is 0 Å². The number of hydrogen-bond donors (Lipinski definition) is 1. The zero-order valence-electron chi connectivity index (χ0n) is 10.0. The molecule has 0 radical (unpaired) electrons. The normalized spacial score (nSPS) is 16.4. The Morgan fingerprint density at radius 3 is 2.76 bits per heavy atom. The minimum atomic E-state index is 0. The molecule has 1 saturated heterocycles. The van der Waals surface area contributed by atoms with Gasteiger partial charge in [-0.05, 0) is 59.9 Å². The molecule has 0 atom stereocenters. The van der Waals surface area contributed by atoms with Gasteiger partial charge in [-0.25, -0.2) is 4.98 Å². The van der Waals surface area contributed by atoms with Crippen molar-refractivity contribution in [3.63, 3.8) is 0 Å². The average Bonchev–Trinajstić information content (AvgIpc) is 2.30. The lowest BCUT2D eigenvalue weighted by atomic mass is 9.98. The second-order valence-corrected chi connectivity index (χ2v) is 5.20. The molecular weight excluding hydrogens is 302 g/mol. The van der Waals surface area contributed by atoms with E-state index in [1.165, 1.54) is 12.8 Å². The van der Waals surface area contributed by atoms with E-state index in [9.17, 15) is 0 Å². The van der Waals surface area contributed by atoms with Crippen LogP contribution in [0.2, 0.25) is 0 Å². The van der Waals surface area contributed by atoms with Crippen molar-refractivity contribution < 1.29 is 0 Å². The molecule has 5 heteroatoms. The van der Waals surface area contributed by atoms with Gasteiger partial charge in [0.05, 0.1) is 0 Å². The molecule has 0 bridgehead atoms. The van der Waals surface area contributed by atoms with E-state index < -0.39 is 0 Å². The van der Waals surface area contributed by atoms with Crippen molar-refractivity contribution in [3.8, 4) is 0 Å². The SMILES string of the molecule is CN(CC1CCNCC1)c1cccc(Br)n1.Cl. The minimum Gasteiger partial charge on any atom is -0.359 e. The third-order valence-corrected chi connectivity index (χ3v) is 3.52. The molecule has 1 fully saturated rings. The third kappa shape index (κ3) is 4.45. The number of aromatic nitrogens is 1. The summed E-state index contributed by atoms with van der Waals surface area (Å²) in [5.74, 6) is 1.85. The predicted octanol–water partition coefficient (Wildman–Crippen LogP) is 2.70. The van der Waals surface area contributed by atoms with Gasteiger partial charge in [0.2, 0.25) is 0 Å². The molecule has 0 unspecified atom stereocenters. The lowest BCUT2D eigenvalue weighted by molar-refractivity contribution is 0.377. The van der Waals surface area contributed by atoms with Crippen LogP contribution in [0.4, 0.5) is 5.82 Å². The van der Waals surface area contributed by atoms with Crippen LogP contribution in [-0.4, -0.2) is 31.7 Å². The molecule has 0 spiro atoms. The van der Waals surface area contributed by atoms with Crippen molar-refractivity contribution in [1.29, 1.82) is 0 Å². The number of piperidine rings is 1. The first-order valence-electron chi connectivity index (χ1n) is 5.80. The summed E-state index contributed by atoms with van der Waals surface area (Å²) in [6.07, 6.45) is 2.55. The zero-order valence-corrected chi connectivity index (χ0v) is 12.4. The first-order valence-corrected chi connectivity index (χ1v) is 6.59. The topological polar surface area (TPSA) is 28.2 Å². The predicted molar refractivity (Wildman–Crippen MR) is 78.0 cm³/mol. The van der Waals surface area contributed by atoms with Crippen LogP contribution in [0.3, 0.4) is 0 Å². The van der Waals surface area contributed by atoms with Gasteiger partial charge in [-0.2, -0.15) is 0 Å². The van der Waals surface area contributed by atoms with Gasteiger partial charge in [0.25, 0.3) is 0 Å². The van der Waals surface area contributed by atoms with Crippen molar-refractivity contribution in [2.75, 3.05) is 31.6 Å². The Bertz CT molecular complexity index is 342. The summed E-state index contributed by atoms with van der Waals surface area (Å²) in [7, 11) is 2.12. The lowest BCUT2D eigenvalue weighted by Crippen LogP contribution is -2.34. The molecule has 2 heterocycles. The van der Waals surface area contributed by atoms with Crippen LogP contribution < -0.4 is 10.2 Å². The van der Waals surface area contributed by atoms with E-state index >= 15 is 0 Å². The molecule has 1 aromatic rings.